The number of aromatic nitrogens is 3. The SMILES string of the molecule is O=C(c1cc(-c2ccccc2)nn1-c1ccccc1)N(Cc1cccnc1)C1CC1. The minimum absolute atomic E-state index is 0.000104. The van der Waals surface area contributed by atoms with Crippen LogP contribution in [0.25, 0.3) is 16.9 Å². The van der Waals surface area contributed by atoms with E-state index in [1.54, 1.807) is 10.9 Å². The first kappa shape index (κ1) is 18.3. The maximum atomic E-state index is 13.7. The first-order valence-corrected chi connectivity index (χ1v) is 10.2. The van der Waals surface area contributed by atoms with Gasteiger partial charge in [0.25, 0.3) is 5.91 Å². The van der Waals surface area contributed by atoms with Crippen LogP contribution in [0.3, 0.4) is 0 Å². The van der Waals surface area contributed by atoms with E-state index in [2.05, 4.69) is 4.98 Å². The first-order chi connectivity index (χ1) is 14.8. The molecule has 1 fully saturated rings. The largest absolute Gasteiger partial charge is 0.330 e. The van der Waals surface area contributed by atoms with Crippen LogP contribution in [-0.4, -0.2) is 31.6 Å². The van der Waals surface area contributed by atoms with Gasteiger partial charge in [-0.1, -0.05) is 54.6 Å². The van der Waals surface area contributed by atoms with E-state index in [9.17, 15) is 4.79 Å². The molecule has 2 aromatic carbocycles. The summed E-state index contributed by atoms with van der Waals surface area (Å²) in [4.78, 5) is 19.9. The molecule has 0 unspecified atom stereocenters. The van der Waals surface area contributed by atoms with Crippen LogP contribution in [0.1, 0.15) is 28.9 Å². The maximum Gasteiger partial charge on any atom is 0.273 e. The highest BCUT2D eigenvalue weighted by molar-refractivity contribution is 5.94. The molecular weight excluding hydrogens is 372 g/mol. The monoisotopic (exact) mass is 394 g/mol. The lowest BCUT2D eigenvalue weighted by Crippen LogP contribution is -2.34. The molecule has 0 spiro atoms. The van der Waals surface area contributed by atoms with Crippen LogP contribution in [-0.2, 0) is 6.54 Å². The summed E-state index contributed by atoms with van der Waals surface area (Å²) in [6.45, 7) is 0.554. The Balaban J connectivity index is 1.56. The van der Waals surface area contributed by atoms with E-state index in [0.29, 0.717) is 12.2 Å². The van der Waals surface area contributed by atoms with Gasteiger partial charge in [0.15, 0.2) is 0 Å². The van der Waals surface area contributed by atoms with Gasteiger partial charge in [0, 0.05) is 30.5 Å². The molecule has 0 aliphatic heterocycles. The maximum absolute atomic E-state index is 13.7. The number of hydrogen-bond donors (Lipinski definition) is 0. The molecule has 1 saturated carbocycles. The Hall–Kier alpha value is -3.73. The summed E-state index contributed by atoms with van der Waals surface area (Å²) in [5.74, 6) is -0.000104. The van der Waals surface area contributed by atoms with Crippen LogP contribution in [0.5, 0.6) is 0 Å². The van der Waals surface area contributed by atoms with Gasteiger partial charge >= 0.3 is 0 Å². The molecule has 4 aromatic rings. The summed E-state index contributed by atoms with van der Waals surface area (Å²) in [5, 5.41) is 4.80. The van der Waals surface area contributed by atoms with Crippen LogP contribution in [0.15, 0.2) is 91.3 Å². The third-order valence-corrected chi connectivity index (χ3v) is 5.32. The quantitative estimate of drug-likeness (QED) is 0.475. The number of amides is 1. The van der Waals surface area contributed by atoms with Gasteiger partial charge in [-0.05, 0) is 42.7 Å². The van der Waals surface area contributed by atoms with Crippen LogP contribution >= 0.6 is 0 Å². The molecule has 0 atom stereocenters. The zero-order valence-electron chi connectivity index (χ0n) is 16.6. The molecule has 2 heterocycles. The first-order valence-electron chi connectivity index (χ1n) is 10.2. The van der Waals surface area contributed by atoms with E-state index in [1.165, 1.54) is 0 Å². The summed E-state index contributed by atoms with van der Waals surface area (Å²) >= 11 is 0. The van der Waals surface area contributed by atoms with Crippen LogP contribution < -0.4 is 0 Å². The molecule has 30 heavy (non-hydrogen) atoms. The molecule has 1 amide bonds. The Morgan fingerprint density at radius 2 is 1.70 bits per heavy atom. The standard InChI is InChI=1S/C25H22N4O/c30-25(28(21-13-14-21)18-19-8-7-15-26-17-19)24-16-23(20-9-3-1-4-10-20)27-29(24)22-11-5-2-6-12-22/h1-12,15-17,21H,13-14,18H2. The molecule has 5 heteroatoms. The Kier molecular flexibility index (Phi) is 4.85. The van der Waals surface area contributed by atoms with Crippen molar-refractivity contribution in [2.24, 2.45) is 0 Å². The number of benzene rings is 2. The Morgan fingerprint density at radius 3 is 2.37 bits per heavy atom. The molecule has 0 N–H and O–H groups in total. The van der Waals surface area contributed by atoms with Crippen molar-refractivity contribution in [3.05, 3.63) is 103 Å². The van der Waals surface area contributed by atoms with Crippen LogP contribution in [0.4, 0.5) is 0 Å². The highest BCUT2D eigenvalue weighted by Crippen LogP contribution is 2.31. The van der Waals surface area contributed by atoms with Crippen molar-refractivity contribution in [1.29, 1.82) is 0 Å². The van der Waals surface area contributed by atoms with Gasteiger partial charge < -0.3 is 4.90 Å². The molecule has 1 aliphatic carbocycles. The second-order valence-corrected chi connectivity index (χ2v) is 7.55. The van der Waals surface area contributed by atoms with Gasteiger partial charge in [-0.15, -0.1) is 0 Å². The second-order valence-electron chi connectivity index (χ2n) is 7.55. The minimum Gasteiger partial charge on any atom is -0.330 e. The fraction of sp³-hybridized carbons (Fsp3) is 0.160. The number of nitrogens with zero attached hydrogens (tertiary/aromatic N) is 4. The molecule has 5 rings (SSSR count). The highest BCUT2D eigenvalue weighted by Gasteiger charge is 2.35. The van der Waals surface area contributed by atoms with Crippen molar-refractivity contribution in [2.45, 2.75) is 25.4 Å². The summed E-state index contributed by atoms with van der Waals surface area (Å²) in [6.07, 6.45) is 5.66. The van der Waals surface area contributed by atoms with E-state index in [1.807, 2.05) is 90.0 Å². The summed E-state index contributed by atoms with van der Waals surface area (Å²) < 4.78 is 1.77. The third-order valence-electron chi connectivity index (χ3n) is 5.32. The molecule has 2 aromatic heterocycles. The lowest BCUT2D eigenvalue weighted by molar-refractivity contribution is 0.0720. The van der Waals surface area contributed by atoms with Crippen molar-refractivity contribution in [3.63, 3.8) is 0 Å². The third kappa shape index (κ3) is 3.74. The van der Waals surface area contributed by atoms with Crippen molar-refractivity contribution >= 4 is 5.91 Å². The molecule has 5 nitrogen and oxygen atoms in total. The van der Waals surface area contributed by atoms with E-state index in [4.69, 9.17) is 5.10 Å². The number of pyridine rings is 1. The van der Waals surface area contributed by atoms with E-state index in [0.717, 1.165) is 35.3 Å². The Morgan fingerprint density at radius 1 is 0.967 bits per heavy atom. The van der Waals surface area contributed by atoms with Crippen LogP contribution in [0.2, 0.25) is 0 Å². The smallest absolute Gasteiger partial charge is 0.273 e. The fourth-order valence-corrected chi connectivity index (χ4v) is 3.64. The number of rotatable bonds is 6. The van der Waals surface area contributed by atoms with Gasteiger partial charge in [0.2, 0.25) is 0 Å². The van der Waals surface area contributed by atoms with Crippen molar-refractivity contribution < 1.29 is 4.79 Å². The highest BCUT2D eigenvalue weighted by atomic mass is 16.2. The van der Waals surface area contributed by atoms with Gasteiger partial charge in [0.1, 0.15) is 5.69 Å². The number of carbonyl (C=O) groups is 1. The number of para-hydroxylation sites is 1. The number of carbonyl (C=O) groups excluding carboxylic acids is 1. The fourth-order valence-electron chi connectivity index (χ4n) is 3.64. The normalized spacial score (nSPS) is 13.2. The molecule has 0 radical (unpaired) electrons. The van der Waals surface area contributed by atoms with Crippen molar-refractivity contribution in [2.75, 3.05) is 0 Å². The second kappa shape index (κ2) is 7.95. The average Bonchev–Trinajstić information content (AvgIpc) is 3.56. The Bertz CT molecular complexity index is 1140. The zero-order valence-corrected chi connectivity index (χ0v) is 16.6. The summed E-state index contributed by atoms with van der Waals surface area (Å²) in [5.41, 5.74) is 4.27. The molecule has 148 valence electrons. The van der Waals surface area contributed by atoms with Gasteiger partial charge in [-0.3, -0.25) is 9.78 Å². The van der Waals surface area contributed by atoms with E-state index < -0.39 is 0 Å². The van der Waals surface area contributed by atoms with Crippen LogP contribution in [0, 0.1) is 0 Å². The minimum atomic E-state index is -0.000104. The summed E-state index contributed by atoms with van der Waals surface area (Å²) in [7, 11) is 0. The topological polar surface area (TPSA) is 51.0 Å². The van der Waals surface area contributed by atoms with Gasteiger partial charge in [-0.25, -0.2) is 4.68 Å². The van der Waals surface area contributed by atoms with E-state index >= 15 is 0 Å². The molecule has 1 aliphatic rings. The lowest BCUT2D eigenvalue weighted by Gasteiger charge is -2.22. The molecule has 0 bridgehead atoms. The predicted octanol–water partition coefficient (Wildman–Crippen LogP) is 4.74. The Labute approximate surface area is 175 Å². The van der Waals surface area contributed by atoms with Crippen molar-refractivity contribution in [3.8, 4) is 16.9 Å². The number of hydrogen-bond acceptors (Lipinski definition) is 3. The molecular formula is C25H22N4O. The van der Waals surface area contributed by atoms with Gasteiger partial charge in [-0.2, -0.15) is 5.10 Å². The van der Waals surface area contributed by atoms with Crippen molar-refractivity contribution in [1.82, 2.24) is 19.7 Å². The average molecular weight is 394 g/mol. The summed E-state index contributed by atoms with van der Waals surface area (Å²) in [6, 6.07) is 25.9. The lowest BCUT2D eigenvalue weighted by atomic mass is 10.1. The molecule has 0 saturated heterocycles. The zero-order chi connectivity index (χ0) is 20.3. The predicted molar refractivity (Wildman–Crippen MR) is 116 cm³/mol. The van der Waals surface area contributed by atoms with E-state index in [-0.39, 0.29) is 11.9 Å². The van der Waals surface area contributed by atoms with Gasteiger partial charge in [0.05, 0.1) is 11.4 Å².